The van der Waals surface area contributed by atoms with E-state index in [0.717, 1.165) is 5.56 Å². The van der Waals surface area contributed by atoms with E-state index in [2.05, 4.69) is 0 Å². The SMILES string of the molecule is COc1c(Cl)c(-c2ccccc2)cc(Cl)c1C(=O)O. The predicted molar refractivity (Wildman–Crippen MR) is 75.4 cm³/mol. The smallest absolute Gasteiger partial charge is 0.341 e. The Kier molecular flexibility index (Phi) is 3.98. The normalized spacial score (nSPS) is 10.3. The first-order valence-electron chi connectivity index (χ1n) is 5.41. The summed E-state index contributed by atoms with van der Waals surface area (Å²) in [7, 11) is 1.36. The first-order valence-corrected chi connectivity index (χ1v) is 6.16. The first-order chi connectivity index (χ1) is 9.06. The van der Waals surface area contributed by atoms with Crippen LogP contribution in [0.4, 0.5) is 0 Å². The van der Waals surface area contributed by atoms with Crippen molar-refractivity contribution in [3.05, 3.63) is 52.0 Å². The Hall–Kier alpha value is -1.71. The monoisotopic (exact) mass is 296 g/mol. The number of halogens is 2. The van der Waals surface area contributed by atoms with Crippen LogP contribution >= 0.6 is 23.2 Å². The van der Waals surface area contributed by atoms with Crippen molar-refractivity contribution in [3.8, 4) is 16.9 Å². The topological polar surface area (TPSA) is 46.5 Å². The second-order valence-electron chi connectivity index (χ2n) is 3.80. The van der Waals surface area contributed by atoms with Crippen molar-refractivity contribution in [3.63, 3.8) is 0 Å². The molecule has 5 heteroatoms. The lowest BCUT2D eigenvalue weighted by molar-refractivity contribution is 0.0693. The molecule has 0 aliphatic rings. The summed E-state index contributed by atoms with van der Waals surface area (Å²) in [6, 6.07) is 10.8. The van der Waals surface area contributed by atoms with Crippen LogP contribution in [0.25, 0.3) is 11.1 Å². The number of carboxylic acid groups (broad SMARTS) is 1. The van der Waals surface area contributed by atoms with E-state index in [-0.39, 0.29) is 21.4 Å². The minimum absolute atomic E-state index is 0.0699. The van der Waals surface area contributed by atoms with Crippen molar-refractivity contribution >= 4 is 29.2 Å². The average Bonchev–Trinajstić information content (AvgIpc) is 2.41. The summed E-state index contributed by atoms with van der Waals surface area (Å²) in [6.07, 6.45) is 0. The Bertz CT molecular complexity index is 624. The zero-order valence-electron chi connectivity index (χ0n) is 9.98. The highest BCUT2D eigenvalue weighted by molar-refractivity contribution is 6.39. The maximum atomic E-state index is 11.2. The molecule has 0 saturated heterocycles. The molecule has 0 aliphatic heterocycles. The number of ether oxygens (including phenoxy) is 1. The van der Waals surface area contributed by atoms with Crippen LogP contribution in [-0.4, -0.2) is 18.2 Å². The van der Waals surface area contributed by atoms with Crippen LogP contribution in [0.5, 0.6) is 5.75 Å². The molecule has 0 amide bonds. The van der Waals surface area contributed by atoms with E-state index in [4.69, 9.17) is 33.0 Å². The van der Waals surface area contributed by atoms with Crippen LogP contribution in [0.1, 0.15) is 10.4 Å². The van der Waals surface area contributed by atoms with Crippen LogP contribution in [0.2, 0.25) is 10.0 Å². The molecule has 2 aromatic carbocycles. The fourth-order valence-corrected chi connectivity index (χ4v) is 2.43. The molecule has 3 nitrogen and oxygen atoms in total. The Balaban J connectivity index is 2.73. The van der Waals surface area contributed by atoms with E-state index in [1.54, 1.807) is 0 Å². The molecule has 0 radical (unpaired) electrons. The third-order valence-electron chi connectivity index (χ3n) is 2.68. The largest absolute Gasteiger partial charge is 0.494 e. The summed E-state index contributed by atoms with van der Waals surface area (Å²) in [5.41, 5.74) is 1.34. The van der Waals surface area contributed by atoms with E-state index >= 15 is 0 Å². The van der Waals surface area contributed by atoms with Crippen molar-refractivity contribution in [2.75, 3.05) is 7.11 Å². The highest BCUT2D eigenvalue weighted by atomic mass is 35.5. The molecule has 0 heterocycles. The first kappa shape index (κ1) is 13.7. The standard InChI is InChI=1S/C14H10Cl2O3/c1-19-13-11(14(17)18)10(15)7-9(12(13)16)8-5-3-2-4-6-8/h2-7H,1H3,(H,17,18). The number of methoxy groups -OCH3 is 1. The zero-order valence-corrected chi connectivity index (χ0v) is 11.5. The van der Waals surface area contributed by atoms with Gasteiger partial charge in [0.15, 0.2) is 5.75 Å². The van der Waals surface area contributed by atoms with Gasteiger partial charge in [-0.3, -0.25) is 0 Å². The van der Waals surface area contributed by atoms with Gasteiger partial charge in [0, 0.05) is 5.56 Å². The molecule has 2 rings (SSSR count). The molecule has 0 saturated carbocycles. The molecule has 0 atom stereocenters. The summed E-state index contributed by atoms with van der Waals surface area (Å²) in [6.45, 7) is 0. The number of benzene rings is 2. The molecule has 0 aromatic heterocycles. The molecule has 1 N–H and O–H groups in total. The van der Waals surface area contributed by atoms with Crippen LogP contribution in [-0.2, 0) is 0 Å². The Morgan fingerprint density at radius 2 is 1.84 bits per heavy atom. The average molecular weight is 297 g/mol. The second-order valence-corrected chi connectivity index (χ2v) is 4.58. The van der Waals surface area contributed by atoms with Crippen molar-refractivity contribution in [2.24, 2.45) is 0 Å². The van der Waals surface area contributed by atoms with Crippen molar-refractivity contribution < 1.29 is 14.6 Å². The molecule has 19 heavy (non-hydrogen) atoms. The lowest BCUT2D eigenvalue weighted by Crippen LogP contribution is -2.03. The summed E-state index contributed by atoms with van der Waals surface area (Å²) >= 11 is 12.2. The number of carboxylic acids is 1. The third-order valence-corrected chi connectivity index (χ3v) is 3.35. The van der Waals surface area contributed by atoms with Gasteiger partial charge in [0.05, 0.1) is 17.2 Å². The minimum Gasteiger partial charge on any atom is -0.494 e. The van der Waals surface area contributed by atoms with Crippen molar-refractivity contribution in [2.45, 2.75) is 0 Å². The number of rotatable bonds is 3. The van der Waals surface area contributed by atoms with Gasteiger partial charge < -0.3 is 9.84 Å². The Morgan fingerprint density at radius 3 is 2.37 bits per heavy atom. The number of hydrogen-bond acceptors (Lipinski definition) is 2. The fraction of sp³-hybridized carbons (Fsp3) is 0.0714. The van der Waals surface area contributed by atoms with Gasteiger partial charge in [0.2, 0.25) is 0 Å². The maximum Gasteiger partial charge on any atom is 0.341 e. The second kappa shape index (κ2) is 5.51. The van der Waals surface area contributed by atoms with Crippen LogP contribution < -0.4 is 4.74 Å². The van der Waals surface area contributed by atoms with Gasteiger partial charge in [-0.15, -0.1) is 0 Å². The molecule has 0 fully saturated rings. The van der Waals surface area contributed by atoms with Gasteiger partial charge in [-0.2, -0.15) is 0 Å². The molecule has 0 aliphatic carbocycles. The lowest BCUT2D eigenvalue weighted by Gasteiger charge is -2.13. The highest BCUT2D eigenvalue weighted by Gasteiger charge is 2.22. The minimum atomic E-state index is -1.18. The van der Waals surface area contributed by atoms with Gasteiger partial charge in [-0.1, -0.05) is 53.5 Å². The van der Waals surface area contributed by atoms with E-state index in [0.29, 0.717) is 5.56 Å². The Labute approximate surface area is 120 Å². The lowest BCUT2D eigenvalue weighted by atomic mass is 10.0. The molecule has 98 valence electrons. The number of carbonyl (C=O) groups is 1. The van der Waals surface area contributed by atoms with E-state index < -0.39 is 5.97 Å². The van der Waals surface area contributed by atoms with Gasteiger partial charge in [-0.25, -0.2) is 4.79 Å². The predicted octanol–water partition coefficient (Wildman–Crippen LogP) is 4.37. The molecule has 0 spiro atoms. The van der Waals surface area contributed by atoms with E-state index in [1.165, 1.54) is 13.2 Å². The van der Waals surface area contributed by atoms with E-state index in [1.807, 2.05) is 30.3 Å². The zero-order chi connectivity index (χ0) is 14.0. The molecule has 0 bridgehead atoms. The summed E-state index contributed by atoms with van der Waals surface area (Å²) in [4.78, 5) is 11.2. The maximum absolute atomic E-state index is 11.2. The van der Waals surface area contributed by atoms with Crippen LogP contribution in [0, 0.1) is 0 Å². The number of hydrogen-bond donors (Lipinski definition) is 1. The van der Waals surface area contributed by atoms with E-state index in [9.17, 15) is 4.79 Å². The number of aromatic carboxylic acids is 1. The van der Waals surface area contributed by atoms with Gasteiger partial charge >= 0.3 is 5.97 Å². The molecule has 0 unspecified atom stereocenters. The van der Waals surface area contributed by atoms with Crippen LogP contribution in [0.3, 0.4) is 0 Å². The molecule has 2 aromatic rings. The summed E-state index contributed by atoms with van der Waals surface area (Å²) < 4.78 is 5.08. The quantitative estimate of drug-likeness (QED) is 0.915. The highest BCUT2D eigenvalue weighted by Crippen LogP contribution is 2.41. The summed E-state index contributed by atoms with van der Waals surface area (Å²) in [5.74, 6) is -1.11. The van der Waals surface area contributed by atoms with Gasteiger partial charge in [-0.05, 0) is 11.6 Å². The fourth-order valence-electron chi connectivity index (χ4n) is 1.82. The van der Waals surface area contributed by atoms with Crippen molar-refractivity contribution in [1.29, 1.82) is 0 Å². The Morgan fingerprint density at radius 1 is 1.21 bits per heavy atom. The van der Waals surface area contributed by atoms with Gasteiger partial charge in [0.25, 0.3) is 0 Å². The van der Waals surface area contributed by atoms with Crippen LogP contribution in [0.15, 0.2) is 36.4 Å². The summed E-state index contributed by atoms with van der Waals surface area (Å²) in [5, 5.41) is 9.46. The molecular weight excluding hydrogens is 287 g/mol. The third kappa shape index (κ3) is 2.53. The van der Waals surface area contributed by atoms with Crippen molar-refractivity contribution in [1.82, 2.24) is 0 Å². The van der Waals surface area contributed by atoms with Gasteiger partial charge in [0.1, 0.15) is 5.56 Å². The molecular formula is C14H10Cl2O3.